The molecule has 5 heteroatoms. The van der Waals surface area contributed by atoms with Crippen molar-refractivity contribution in [3.8, 4) is 11.5 Å². The number of nitrogens with one attached hydrogen (secondary N) is 1. The standard InChI is InChI=1S/C17H24N2O3/c1-21-15-9-12(10-16(11-15)22-2)17(20)18-13-5-7-19(8-6-13)14-3-4-14/h9-11,13-14H,3-8H2,1-2H3,(H,18,20). The first-order valence-electron chi connectivity index (χ1n) is 7.97. The third-order valence-corrected chi connectivity index (χ3v) is 4.54. The Hall–Kier alpha value is -1.75. The molecular weight excluding hydrogens is 280 g/mol. The van der Waals surface area contributed by atoms with Crippen LogP contribution in [0.1, 0.15) is 36.0 Å². The van der Waals surface area contributed by atoms with Crippen LogP contribution in [0, 0.1) is 0 Å². The Morgan fingerprint density at radius 1 is 1.05 bits per heavy atom. The predicted molar refractivity (Wildman–Crippen MR) is 84.6 cm³/mol. The molecule has 0 unspecified atom stereocenters. The Morgan fingerprint density at radius 2 is 1.64 bits per heavy atom. The van der Waals surface area contributed by atoms with Gasteiger partial charge in [0.15, 0.2) is 0 Å². The second-order valence-electron chi connectivity index (χ2n) is 6.12. The Bertz CT molecular complexity index is 512. The van der Waals surface area contributed by atoms with E-state index in [0.29, 0.717) is 17.1 Å². The zero-order valence-electron chi connectivity index (χ0n) is 13.3. The Morgan fingerprint density at radius 3 is 2.14 bits per heavy atom. The van der Waals surface area contributed by atoms with Crippen LogP contribution in [0.2, 0.25) is 0 Å². The number of hydrogen-bond acceptors (Lipinski definition) is 4. The van der Waals surface area contributed by atoms with Crippen LogP contribution < -0.4 is 14.8 Å². The highest BCUT2D eigenvalue weighted by atomic mass is 16.5. The lowest BCUT2D eigenvalue weighted by Gasteiger charge is -2.32. The van der Waals surface area contributed by atoms with E-state index >= 15 is 0 Å². The fourth-order valence-electron chi connectivity index (χ4n) is 3.06. The predicted octanol–water partition coefficient (Wildman–Crippen LogP) is 2.06. The molecule has 0 bridgehead atoms. The molecule has 1 aliphatic carbocycles. The van der Waals surface area contributed by atoms with Crippen LogP contribution >= 0.6 is 0 Å². The van der Waals surface area contributed by atoms with Gasteiger partial charge in [-0.2, -0.15) is 0 Å². The molecule has 0 aromatic heterocycles. The summed E-state index contributed by atoms with van der Waals surface area (Å²) < 4.78 is 10.4. The molecular formula is C17H24N2O3. The molecule has 0 spiro atoms. The molecule has 1 aromatic rings. The second kappa shape index (κ2) is 6.57. The number of piperidine rings is 1. The van der Waals surface area contributed by atoms with E-state index in [2.05, 4.69) is 10.2 Å². The SMILES string of the molecule is COc1cc(OC)cc(C(=O)NC2CCN(C3CC3)CC2)c1. The summed E-state index contributed by atoms with van der Waals surface area (Å²) in [7, 11) is 3.17. The molecule has 3 rings (SSSR count). The van der Waals surface area contributed by atoms with Gasteiger partial charge >= 0.3 is 0 Å². The number of carbonyl (C=O) groups excluding carboxylic acids is 1. The molecule has 5 nitrogen and oxygen atoms in total. The van der Waals surface area contributed by atoms with Crippen molar-refractivity contribution in [2.75, 3.05) is 27.3 Å². The van der Waals surface area contributed by atoms with Crippen molar-refractivity contribution < 1.29 is 14.3 Å². The zero-order chi connectivity index (χ0) is 15.5. The maximum Gasteiger partial charge on any atom is 0.251 e. The summed E-state index contributed by atoms with van der Waals surface area (Å²) >= 11 is 0. The summed E-state index contributed by atoms with van der Waals surface area (Å²) in [5.41, 5.74) is 0.584. The van der Waals surface area contributed by atoms with Gasteiger partial charge in [-0.15, -0.1) is 0 Å². The minimum Gasteiger partial charge on any atom is -0.497 e. The topological polar surface area (TPSA) is 50.8 Å². The van der Waals surface area contributed by atoms with Gasteiger partial charge in [0.25, 0.3) is 5.91 Å². The van der Waals surface area contributed by atoms with Crippen LogP contribution in [0.25, 0.3) is 0 Å². The van der Waals surface area contributed by atoms with E-state index in [-0.39, 0.29) is 11.9 Å². The van der Waals surface area contributed by atoms with Gasteiger partial charge < -0.3 is 19.7 Å². The molecule has 2 fully saturated rings. The van der Waals surface area contributed by atoms with Gasteiger partial charge in [-0.05, 0) is 37.8 Å². The number of ether oxygens (including phenoxy) is 2. The third kappa shape index (κ3) is 3.53. The van der Waals surface area contributed by atoms with Crippen molar-refractivity contribution >= 4 is 5.91 Å². The first-order valence-corrected chi connectivity index (χ1v) is 7.97. The van der Waals surface area contributed by atoms with E-state index in [4.69, 9.17) is 9.47 Å². The molecule has 0 radical (unpaired) electrons. The van der Waals surface area contributed by atoms with Gasteiger partial charge in [0, 0.05) is 36.8 Å². The van der Waals surface area contributed by atoms with E-state index in [1.807, 2.05) is 0 Å². The number of methoxy groups -OCH3 is 2. The molecule has 1 aliphatic heterocycles. The van der Waals surface area contributed by atoms with Gasteiger partial charge in [-0.1, -0.05) is 0 Å². The molecule has 120 valence electrons. The van der Waals surface area contributed by atoms with Crippen LogP contribution in [0.5, 0.6) is 11.5 Å². The maximum absolute atomic E-state index is 12.4. The molecule has 1 N–H and O–H groups in total. The van der Waals surface area contributed by atoms with Crippen molar-refractivity contribution in [3.63, 3.8) is 0 Å². The molecule has 1 aromatic carbocycles. The van der Waals surface area contributed by atoms with Crippen molar-refractivity contribution in [2.45, 2.75) is 37.8 Å². The fraction of sp³-hybridized carbons (Fsp3) is 0.588. The minimum atomic E-state index is -0.0536. The monoisotopic (exact) mass is 304 g/mol. The lowest BCUT2D eigenvalue weighted by atomic mass is 10.0. The Kier molecular flexibility index (Phi) is 4.52. The third-order valence-electron chi connectivity index (χ3n) is 4.54. The van der Waals surface area contributed by atoms with Gasteiger partial charge in [-0.25, -0.2) is 0 Å². The molecule has 0 atom stereocenters. The molecule has 2 aliphatic rings. The molecule has 1 saturated carbocycles. The van der Waals surface area contributed by atoms with E-state index in [1.165, 1.54) is 12.8 Å². The average Bonchev–Trinajstić information content (AvgIpc) is 3.40. The van der Waals surface area contributed by atoms with Crippen LogP contribution in [-0.2, 0) is 0 Å². The number of rotatable bonds is 5. The largest absolute Gasteiger partial charge is 0.497 e. The molecule has 22 heavy (non-hydrogen) atoms. The highest BCUT2D eigenvalue weighted by Crippen LogP contribution is 2.29. The number of likely N-dealkylation sites (tertiary alicyclic amines) is 1. The summed E-state index contributed by atoms with van der Waals surface area (Å²) in [5.74, 6) is 1.21. The molecule has 1 amide bonds. The van der Waals surface area contributed by atoms with Crippen molar-refractivity contribution in [1.29, 1.82) is 0 Å². The normalized spacial score (nSPS) is 19.7. The summed E-state index contributed by atoms with van der Waals surface area (Å²) in [5, 5.41) is 3.14. The number of carbonyl (C=O) groups is 1. The number of amides is 1. The smallest absolute Gasteiger partial charge is 0.251 e. The van der Waals surface area contributed by atoms with Crippen LogP contribution in [0.4, 0.5) is 0 Å². The number of benzene rings is 1. The Balaban J connectivity index is 1.59. The molecule has 1 saturated heterocycles. The first-order chi connectivity index (χ1) is 10.7. The fourth-order valence-corrected chi connectivity index (χ4v) is 3.06. The van der Waals surface area contributed by atoms with Crippen molar-refractivity contribution in [3.05, 3.63) is 23.8 Å². The van der Waals surface area contributed by atoms with Gasteiger partial charge in [0.1, 0.15) is 11.5 Å². The van der Waals surface area contributed by atoms with E-state index in [9.17, 15) is 4.79 Å². The summed E-state index contributed by atoms with van der Waals surface area (Å²) in [6, 6.07) is 6.35. The van der Waals surface area contributed by atoms with E-state index in [0.717, 1.165) is 32.0 Å². The van der Waals surface area contributed by atoms with Crippen molar-refractivity contribution in [1.82, 2.24) is 10.2 Å². The number of nitrogens with zero attached hydrogens (tertiary/aromatic N) is 1. The zero-order valence-corrected chi connectivity index (χ0v) is 13.3. The maximum atomic E-state index is 12.4. The highest BCUT2D eigenvalue weighted by Gasteiger charge is 2.32. The highest BCUT2D eigenvalue weighted by molar-refractivity contribution is 5.95. The van der Waals surface area contributed by atoms with E-state index in [1.54, 1.807) is 32.4 Å². The summed E-state index contributed by atoms with van der Waals surface area (Å²) in [6.07, 6.45) is 4.76. The van der Waals surface area contributed by atoms with E-state index < -0.39 is 0 Å². The second-order valence-corrected chi connectivity index (χ2v) is 6.12. The lowest BCUT2D eigenvalue weighted by Crippen LogP contribution is -2.45. The minimum absolute atomic E-state index is 0.0536. The number of hydrogen-bond donors (Lipinski definition) is 1. The molecule has 1 heterocycles. The van der Waals surface area contributed by atoms with Gasteiger partial charge in [0.05, 0.1) is 14.2 Å². The average molecular weight is 304 g/mol. The Labute approximate surface area is 131 Å². The first kappa shape index (κ1) is 15.2. The van der Waals surface area contributed by atoms with Crippen molar-refractivity contribution in [2.24, 2.45) is 0 Å². The summed E-state index contributed by atoms with van der Waals surface area (Å²) in [4.78, 5) is 15.0. The van der Waals surface area contributed by atoms with Gasteiger partial charge in [-0.3, -0.25) is 4.79 Å². The van der Waals surface area contributed by atoms with Crippen LogP contribution in [-0.4, -0.2) is 50.2 Å². The van der Waals surface area contributed by atoms with Gasteiger partial charge in [0.2, 0.25) is 0 Å². The lowest BCUT2D eigenvalue weighted by molar-refractivity contribution is 0.0908. The van der Waals surface area contributed by atoms with Crippen LogP contribution in [0.3, 0.4) is 0 Å². The quantitative estimate of drug-likeness (QED) is 0.904. The summed E-state index contributed by atoms with van der Waals surface area (Å²) in [6.45, 7) is 2.19. The van der Waals surface area contributed by atoms with Crippen LogP contribution in [0.15, 0.2) is 18.2 Å².